The van der Waals surface area contributed by atoms with Crippen molar-refractivity contribution in [2.75, 3.05) is 19.8 Å². The number of rotatable bonds is 2. The molecule has 7 heteroatoms. The first kappa shape index (κ1) is 11.7. The van der Waals surface area contributed by atoms with Gasteiger partial charge >= 0.3 is 5.97 Å². The number of carbonyl (C=O) groups is 2. The van der Waals surface area contributed by atoms with Crippen LogP contribution in [0, 0.1) is 0 Å². The molecule has 2 rings (SSSR count). The van der Waals surface area contributed by atoms with Crippen LogP contribution in [0.25, 0.3) is 0 Å². The summed E-state index contributed by atoms with van der Waals surface area (Å²) < 4.78 is 10.0. The molecule has 0 aromatic heterocycles. The van der Waals surface area contributed by atoms with Crippen LogP contribution in [0.5, 0.6) is 0 Å². The first-order valence-electron chi connectivity index (χ1n) is 5.26. The van der Waals surface area contributed by atoms with Gasteiger partial charge in [-0.2, -0.15) is 0 Å². The number of ether oxygens (including phenoxy) is 2. The zero-order chi connectivity index (χ0) is 12.4. The van der Waals surface area contributed by atoms with E-state index in [-0.39, 0.29) is 25.3 Å². The third-order valence-electron chi connectivity index (χ3n) is 2.68. The van der Waals surface area contributed by atoms with Crippen LogP contribution >= 0.6 is 0 Å². The summed E-state index contributed by atoms with van der Waals surface area (Å²) in [5, 5.41) is 18.4. The van der Waals surface area contributed by atoms with E-state index in [1.165, 1.54) is 6.26 Å². The van der Waals surface area contributed by atoms with Crippen molar-refractivity contribution in [3.8, 4) is 0 Å². The Morgan fingerprint density at radius 3 is 2.76 bits per heavy atom. The van der Waals surface area contributed by atoms with Gasteiger partial charge in [0.05, 0.1) is 6.10 Å². The Hall–Kier alpha value is -1.76. The van der Waals surface area contributed by atoms with Gasteiger partial charge in [-0.05, 0) is 0 Å². The lowest BCUT2D eigenvalue weighted by Crippen LogP contribution is -2.42. The van der Waals surface area contributed by atoms with Crippen LogP contribution in [0.15, 0.2) is 12.0 Å². The van der Waals surface area contributed by atoms with Gasteiger partial charge in [-0.3, -0.25) is 4.79 Å². The van der Waals surface area contributed by atoms with E-state index < -0.39 is 24.0 Å². The van der Waals surface area contributed by atoms with E-state index in [1.807, 2.05) is 0 Å². The summed E-state index contributed by atoms with van der Waals surface area (Å²) in [4.78, 5) is 24.0. The monoisotopic (exact) mass is 243 g/mol. The van der Waals surface area contributed by atoms with Gasteiger partial charge in [-0.1, -0.05) is 0 Å². The smallest absolute Gasteiger partial charge is 0.326 e. The second-order valence-electron chi connectivity index (χ2n) is 3.90. The molecule has 0 radical (unpaired) electrons. The Balaban J connectivity index is 2.12. The number of carboxylic acid groups (broad SMARTS) is 1. The molecule has 1 saturated heterocycles. The zero-order valence-electron chi connectivity index (χ0n) is 9.04. The van der Waals surface area contributed by atoms with Crippen LogP contribution in [-0.2, 0) is 19.1 Å². The molecule has 2 aliphatic heterocycles. The van der Waals surface area contributed by atoms with E-state index in [4.69, 9.17) is 14.6 Å². The molecule has 17 heavy (non-hydrogen) atoms. The maximum Gasteiger partial charge on any atom is 0.326 e. The number of hydrogen-bond acceptors (Lipinski definition) is 5. The van der Waals surface area contributed by atoms with Crippen LogP contribution in [-0.4, -0.2) is 58.9 Å². The van der Waals surface area contributed by atoms with Gasteiger partial charge in [0.1, 0.15) is 25.5 Å². The molecule has 1 fully saturated rings. The van der Waals surface area contributed by atoms with Crippen LogP contribution < -0.4 is 0 Å². The molecule has 0 saturated carbocycles. The maximum atomic E-state index is 11.9. The number of hydrogen-bond donors (Lipinski definition) is 2. The number of β-amino-alcohol motifs (C(OH)–C–C–N with tert-alkyl or cyclic N) is 1. The van der Waals surface area contributed by atoms with E-state index in [2.05, 4.69) is 0 Å². The van der Waals surface area contributed by atoms with Gasteiger partial charge in [-0.25, -0.2) is 4.79 Å². The molecule has 2 atom stereocenters. The number of aliphatic carboxylic acids is 1. The fourth-order valence-electron chi connectivity index (χ4n) is 1.89. The number of aliphatic hydroxyl groups is 1. The average molecular weight is 243 g/mol. The van der Waals surface area contributed by atoms with Gasteiger partial charge < -0.3 is 24.6 Å². The Morgan fingerprint density at radius 2 is 2.18 bits per heavy atom. The predicted octanol–water partition coefficient (Wildman–Crippen LogP) is -1.08. The Bertz CT molecular complexity index is 366. The Labute approximate surface area is 97.2 Å². The van der Waals surface area contributed by atoms with Crippen LogP contribution in [0.4, 0.5) is 0 Å². The molecule has 2 unspecified atom stereocenters. The van der Waals surface area contributed by atoms with E-state index in [9.17, 15) is 14.7 Å². The molecule has 2 N–H and O–H groups in total. The Kier molecular flexibility index (Phi) is 3.19. The van der Waals surface area contributed by atoms with Crippen molar-refractivity contribution in [2.24, 2.45) is 0 Å². The standard InChI is InChI=1S/C10H13NO6/c12-6-3-7(10(14)15)11(4-6)9(13)8-5-16-1-2-17-8/h5-7,12H,1-4H2,(H,14,15). The lowest BCUT2D eigenvalue weighted by atomic mass is 10.2. The minimum atomic E-state index is -1.13. The van der Waals surface area contributed by atoms with E-state index in [1.54, 1.807) is 0 Å². The highest BCUT2D eigenvalue weighted by Gasteiger charge is 2.40. The normalized spacial score (nSPS) is 28.1. The topological polar surface area (TPSA) is 96.3 Å². The molecule has 0 bridgehead atoms. The van der Waals surface area contributed by atoms with Crippen molar-refractivity contribution >= 4 is 11.9 Å². The summed E-state index contributed by atoms with van der Waals surface area (Å²) in [5.74, 6) is -1.71. The van der Waals surface area contributed by atoms with Gasteiger partial charge in [0.15, 0.2) is 0 Å². The molecule has 2 aliphatic rings. The third kappa shape index (κ3) is 2.33. The highest BCUT2D eigenvalue weighted by atomic mass is 16.6. The number of carbonyl (C=O) groups excluding carboxylic acids is 1. The summed E-state index contributed by atoms with van der Waals surface area (Å²) in [7, 11) is 0. The summed E-state index contributed by atoms with van der Waals surface area (Å²) >= 11 is 0. The lowest BCUT2D eigenvalue weighted by Gasteiger charge is -2.23. The lowest BCUT2D eigenvalue weighted by molar-refractivity contribution is -0.148. The third-order valence-corrected chi connectivity index (χ3v) is 2.68. The number of nitrogens with zero attached hydrogens (tertiary/aromatic N) is 1. The minimum Gasteiger partial charge on any atom is -0.494 e. The maximum absolute atomic E-state index is 11.9. The molecule has 0 aromatic rings. The highest BCUT2D eigenvalue weighted by Crippen LogP contribution is 2.21. The molecular weight excluding hydrogens is 230 g/mol. The van der Waals surface area contributed by atoms with Crippen molar-refractivity contribution in [1.82, 2.24) is 4.90 Å². The van der Waals surface area contributed by atoms with Crippen molar-refractivity contribution in [3.05, 3.63) is 12.0 Å². The van der Waals surface area contributed by atoms with Crippen LogP contribution in [0.3, 0.4) is 0 Å². The first-order chi connectivity index (χ1) is 8.09. The predicted molar refractivity (Wildman–Crippen MR) is 53.7 cm³/mol. The van der Waals surface area contributed by atoms with E-state index in [0.29, 0.717) is 6.61 Å². The first-order valence-corrected chi connectivity index (χ1v) is 5.26. The molecular formula is C10H13NO6. The average Bonchev–Trinajstić information content (AvgIpc) is 2.72. The minimum absolute atomic E-state index is 0.00347. The molecule has 1 amide bonds. The van der Waals surface area contributed by atoms with Gasteiger partial charge in [0, 0.05) is 13.0 Å². The summed E-state index contributed by atoms with van der Waals surface area (Å²) in [5.41, 5.74) is 0. The van der Waals surface area contributed by atoms with Crippen molar-refractivity contribution in [1.29, 1.82) is 0 Å². The molecule has 7 nitrogen and oxygen atoms in total. The molecule has 0 aliphatic carbocycles. The molecule has 94 valence electrons. The number of carboxylic acids is 1. The quantitative estimate of drug-likeness (QED) is 0.640. The largest absolute Gasteiger partial charge is 0.494 e. The second-order valence-corrected chi connectivity index (χ2v) is 3.90. The fourth-order valence-corrected chi connectivity index (χ4v) is 1.89. The van der Waals surface area contributed by atoms with Gasteiger partial charge in [-0.15, -0.1) is 0 Å². The SMILES string of the molecule is O=C(O)C1CC(O)CN1C(=O)C1=COCCO1. The molecule has 0 aromatic carbocycles. The molecule has 2 heterocycles. The summed E-state index contributed by atoms with van der Waals surface area (Å²) in [6.45, 7) is 0.615. The number of likely N-dealkylation sites (tertiary alicyclic amines) is 1. The van der Waals surface area contributed by atoms with E-state index >= 15 is 0 Å². The summed E-state index contributed by atoms with van der Waals surface area (Å²) in [6, 6.07) is -1.01. The summed E-state index contributed by atoms with van der Waals surface area (Å²) in [6.07, 6.45) is 0.398. The zero-order valence-corrected chi connectivity index (χ0v) is 9.04. The number of amides is 1. The van der Waals surface area contributed by atoms with Crippen molar-refractivity contribution < 1.29 is 29.3 Å². The van der Waals surface area contributed by atoms with Gasteiger partial charge in [0.25, 0.3) is 5.91 Å². The number of aliphatic hydroxyl groups excluding tert-OH is 1. The van der Waals surface area contributed by atoms with Gasteiger partial charge in [0.2, 0.25) is 5.76 Å². The van der Waals surface area contributed by atoms with E-state index in [0.717, 1.165) is 4.90 Å². The highest BCUT2D eigenvalue weighted by molar-refractivity contribution is 5.94. The van der Waals surface area contributed by atoms with Crippen LogP contribution in [0.2, 0.25) is 0 Å². The van der Waals surface area contributed by atoms with Crippen molar-refractivity contribution in [3.63, 3.8) is 0 Å². The molecule has 0 spiro atoms. The van der Waals surface area contributed by atoms with Crippen molar-refractivity contribution in [2.45, 2.75) is 18.6 Å². The fraction of sp³-hybridized carbons (Fsp3) is 0.600. The van der Waals surface area contributed by atoms with Crippen LogP contribution in [0.1, 0.15) is 6.42 Å². The second kappa shape index (κ2) is 4.62. The Morgan fingerprint density at radius 1 is 1.41 bits per heavy atom.